The first kappa shape index (κ1) is 20.0. The van der Waals surface area contributed by atoms with E-state index in [1.165, 1.54) is 42.8 Å². The first-order valence-corrected chi connectivity index (χ1v) is 9.66. The maximum Gasteiger partial charge on any atom is 0.338 e. The van der Waals surface area contributed by atoms with Gasteiger partial charge in [-0.2, -0.15) is 0 Å². The molecule has 2 aromatic carbocycles. The predicted octanol–water partition coefficient (Wildman–Crippen LogP) is 1.45. The zero-order valence-corrected chi connectivity index (χ0v) is 15.9. The van der Waals surface area contributed by atoms with Crippen LogP contribution in [0.15, 0.2) is 58.2 Å². The fourth-order valence-corrected chi connectivity index (χ4v) is 3.35. The molecule has 1 heterocycles. The number of oxazole rings is 1. The van der Waals surface area contributed by atoms with E-state index < -0.39 is 34.4 Å². The molecule has 1 aromatic heterocycles. The molecule has 0 radical (unpaired) electrons. The number of nitrogens with one attached hydrogen (secondary N) is 2. The number of hydrogen-bond donors (Lipinski definition) is 2. The van der Waals surface area contributed by atoms with Crippen molar-refractivity contribution in [3.63, 3.8) is 0 Å². The van der Waals surface area contributed by atoms with Crippen molar-refractivity contribution in [3.05, 3.63) is 54.4 Å². The largest absolute Gasteiger partial charge is 0.452 e. The van der Waals surface area contributed by atoms with E-state index in [-0.39, 0.29) is 16.1 Å². The standard InChI is InChI=1S/C18H15N3O7S/c1-11(22)21-29(25,26)14-5-3-13(4-6-14)20-17(23)9-27-18(24)12-2-7-15-16(8-12)28-10-19-15/h2-8,10H,9H2,1H3,(H,20,23)(H,21,22). The van der Waals surface area contributed by atoms with Gasteiger partial charge in [0.1, 0.15) is 5.52 Å². The van der Waals surface area contributed by atoms with Gasteiger partial charge in [-0.1, -0.05) is 0 Å². The number of ether oxygens (including phenoxy) is 1. The van der Waals surface area contributed by atoms with Crippen LogP contribution in [-0.4, -0.2) is 37.8 Å². The van der Waals surface area contributed by atoms with Gasteiger partial charge in [-0.3, -0.25) is 9.59 Å². The Morgan fingerprint density at radius 2 is 1.83 bits per heavy atom. The molecule has 0 unspecified atom stereocenters. The lowest BCUT2D eigenvalue weighted by Gasteiger charge is -2.08. The van der Waals surface area contributed by atoms with Crippen molar-refractivity contribution < 1.29 is 32.0 Å². The minimum atomic E-state index is -3.96. The summed E-state index contributed by atoms with van der Waals surface area (Å²) >= 11 is 0. The minimum absolute atomic E-state index is 0.139. The normalized spacial score (nSPS) is 11.1. The van der Waals surface area contributed by atoms with Crippen LogP contribution < -0.4 is 10.0 Å². The lowest BCUT2D eigenvalue weighted by molar-refractivity contribution is -0.119. The number of benzene rings is 2. The van der Waals surface area contributed by atoms with Crippen LogP contribution in [-0.2, 0) is 24.3 Å². The molecule has 0 aliphatic rings. The number of amides is 2. The highest BCUT2D eigenvalue weighted by atomic mass is 32.2. The van der Waals surface area contributed by atoms with Crippen molar-refractivity contribution in [1.82, 2.24) is 9.71 Å². The summed E-state index contributed by atoms with van der Waals surface area (Å²) in [6.07, 6.45) is 1.25. The number of rotatable bonds is 6. The Hall–Kier alpha value is -3.73. The van der Waals surface area contributed by atoms with Crippen LogP contribution in [0.2, 0.25) is 0 Å². The molecule has 2 amide bonds. The van der Waals surface area contributed by atoms with Crippen LogP contribution in [0, 0.1) is 0 Å². The number of carbonyl (C=O) groups is 3. The number of hydrogen-bond acceptors (Lipinski definition) is 8. The maximum absolute atomic E-state index is 12.0. The first-order chi connectivity index (χ1) is 13.7. The predicted molar refractivity (Wildman–Crippen MR) is 100 cm³/mol. The second-order valence-electron chi connectivity index (χ2n) is 5.85. The lowest BCUT2D eigenvalue weighted by atomic mass is 10.2. The van der Waals surface area contributed by atoms with E-state index >= 15 is 0 Å². The van der Waals surface area contributed by atoms with Crippen molar-refractivity contribution in [2.24, 2.45) is 0 Å². The van der Waals surface area contributed by atoms with E-state index in [1.807, 2.05) is 4.72 Å². The monoisotopic (exact) mass is 417 g/mol. The fourth-order valence-electron chi connectivity index (χ4n) is 2.36. The molecule has 0 aliphatic heterocycles. The number of esters is 1. The minimum Gasteiger partial charge on any atom is -0.452 e. The van der Waals surface area contributed by atoms with Gasteiger partial charge >= 0.3 is 5.97 Å². The number of sulfonamides is 1. The van der Waals surface area contributed by atoms with E-state index in [0.29, 0.717) is 11.1 Å². The van der Waals surface area contributed by atoms with E-state index in [1.54, 1.807) is 6.07 Å². The molecule has 0 saturated carbocycles. The Kier molecular flexibility index (Phi) is 5.59. The smallest absolute Gasteiger partial charge is 0.338 e. The van der Waals surface area contributed by atoms with Crippen LogP contribution in [0.1, 0.15) is 17.3 Å². The van der Waals surface area contributed by atoms with Crippen molar-refractivity contribution >= 4 is 44.6 Å². The third-order valence-corrected chi connectivity index (χ3v) is 5.08. The Labute approximate surface area is 164 Å². The van der Waals surface area contributed by atoms with Gasteiger partial charge < -0.3 is 14.5 Å². The zero-order valence-electron chi connectivity index (χ0n) is 15.0. The molecule has 3 aromatic rings. The number of carbonyl (C=O) groups excluding carboxylic acids is 3. The second kappa shape index (κ2) is 8.10. The third kappa shape index (κ3) is 4.96. The first-order valence-electron chi connectivity index (χ1n) is 8.18. The Morgan fingerprint density at radius 1 is 1.10 bits per heavy atom. The molecule has 0 aliphatic carbocycles. The number of anilines is 1. The van der Waals surface area contributed by atoms with E-state index in [0.717, 1.165) is 6.92 Å². The Balaban J connectivity index is 1.56. The quantitative estimate of drug-likeness (QED) is 0.573. The summed E-state index contributed by atoms with van der Waals surface area (Å²) in [5.74, 6) is -2.04. The number of aromatic nitrogens is 1. The highest BCUT2D eigenvalue weighted by Gasteiger charge is 2.16. The van der Waals surface area contributed by atoms with Crippen LogP contribution in [0.4, 0.5) is 5.69 Å². The zero-order chi connectivity index (χ0) is 21.0. The topological polar surface area (TPSA) is 145 Å². The lowest BCUT2D eigenvalue weighted by Crippen LogP contribution is -2.28. The number of nitrogens with zero attached hydrogens (tertiary/aromatic N) is 1. The average Bonchev–Trinajstić information content (AvgIpc) is 3.13. The molecular weight excluding hydrogens is 402 g/mol. The highest BCUT2D eigenvalue weighted by molar-refractivity contribution is 7.90. The van der Waals surface area contributed by atoms with Gasteiger partial charge in [-0.25, -0.2) is 22.9 Å². The van der Waals surface area contributed by atoms with Crippen LogP contribution in [0.3, 0.4) is 0 Å². The molecule has 10 nitrogen and oxygen atoms in total. The molecule has 0 atom stereocenters. The number of fused-ring (bicyclic) bond motifs is 1. The van der Waals surface area contributed by atoms with Gasteiger partial charge in [0.15, 0.2) is 18.6 Å². The van der Waals surface area contributed by atoms with Crippen molar-refractivity contribution in [2.45, 2.75) is 11.8 Å². The molecule has 0 fully saturated rings. The Morgan fingerprint density at radius 3 is 2.52 bits per heavy atom. The summed E-state index contributed by atoms with van der Waals surface area (Å²) in [6, 6.07) is 9.67. The average molecular weight is 417 g/mol. The van der Waals surface area contributed by atoms with Crippen LogP contribution in [0.5, 0.6) is 0 Å². The van der Waals surface area contributed by atoms with Crippen LogP contribution >= 0.6 is 0 Å². The summed E-state index contributed by atoms with van der Waals surface area (Å²) in [4.78, 5) is 38.7. The summed E-state index contributed by atoms with van der Waals surface area (Å²) in [5.41, 5.74) is 1.49. The van der Waals surface area contributed by atoms with E-state index in [4.69, 9.17) is 9.15 Å². The molecule has 0 bridgehead atoms. The molecular formula is C18H15N3O7S. The summed E-state index contributed by atoms with van der Waals surface area (Å²) in [6.45, 7) is 0.538. The van der Waals surface area contributed by atoms with Gasteiger partial charge in [-0.05, 0) is 42.5 Å². The summed E-state index contributed by atoms with van der Waals surface area (Å²) < 4.78 is 35.6. The Bertz CT molecular complexity index is 1180. The molecule has 3 rings (SSSR count). The molecule has 11 heteroatoms. The van der Waals surface area contributed by atoms with E-state index in [2.05, 4.69) is 10.3 Å². The van der Waals surface area contributed by atoms with Crippen molar-refractivity contribution in [3.8, 4) is 0 Å². The van der Waals surface area contributed by atoms with Gasteiger partial charge in [-0.15, -0.1) is 0 Å². The van der Waals surface area contributed by atoms with Gasteiger partial charge in [0.25, 0.3) is 15.9 Å². The van der Waals surface area contributed by atoms with Gasteiger partial charge in [0.05, 0.1) is 10.5 Å². The molecule has 0 spiro atoms. The molecule has 29 heavy (non-hydrogen) atoms. The molecule has 150 valence electrons. The van der Waals surface area contributed by atoms with Crippen molar-refractivity contribution in [1.29, 1.82) is 0 Å². The summed E-state index contributed by atoms with van der Waals surface area (Å²) in [5, 5.41) is 2.47. The van der Waals surface area contributed by atoms with Gasteiger partial charge in [0.2, 0.25) is 5.91 Å². The van der Waals surface area contributed by atoms with E-state index in [9.17, 15) is 22.8 Å². The third-order valence-electron chi connectivity index (χ3n) is 3.63. The maximum atomic E-state index is 12.0. The van der Waals surface area contributed by atoms with Gasteiger partial charge in [0, 0.05) is 12.6 Å². The highest BCUT2D eigenvalue weighted by Crippen LogP contribution is 2.16. The van der Waals surface area contributed by atoms with Crippen LogP contribution in [0.25, 0.3) is 11.1 Å². The van der Waals surface area contributed by atoms with Crippen molar-refractivity contribution in [2.75, 3.05) is 11.9 Å². The SMILES string of the molecule is CC(=O)NS(=O)(=O)c1ccc(NC(=O)COC(=O)c2ccc3ncoc3c2)cc1. The second-order valence-corrected chi connectivity index (χ2v) is 7.53. The molecule has 0 saturated heterocycles. The fraction of sp³-hybridized carbons (Fsp3) is 0.111. The molecule has 2 N–H and O–H groups in total. The summed E-state index contributed by atoms with van der Waals surface area (Å²) in [7, 11) is -3.96.